The quantitative estimate of drug-likeness (QED) is 0.543. The number of carbonyl (C=O) groups is 1. The van der Waals surface area contributed by atoms with E-state index in [0.717, 1.165) is 5.41 Å². The molecule has 9 heteroatoms. The van der Waals surface area contributed by atoms with Crippen LogP contribution in [-0.4, -0.2) is 37.6 Å². The van der Waals surface area contributed by atoms with Gasteiger partial charge in [0.15, 0.2) is 9.84 Å². The molecule has 1 aliphatic heterocycles. The first-order valence-corrected chi connectivity index (χ1v) is 10.2. The highest BCUT2D eigenvalue weighted by Gasteiger charge is 2.32. The largest absolute Gasteiger partial charge is 0.494 e. The minimum absolute atomic E-state index is 0.0979. The van der Waals surface area contributed by atoms with Gasteiger partial charge in [-0.3, -0.25) is 14.9 Å². The highest BCUT2D eigenvalue weighted by molar-refractivity contribution is 7.94. The van der Waals surface area contributed by atoms with Gasteiger partial charge in [-0.2, -0.15) is 0 Å². The third-order valence-corrected chi connectivity index (χ3v) is 5.57. The molecule has 1 heterocycles. The number of non-ortho nitro benzene ring substituents is 1. The first kappa shape index (κ1) is 19.6. The van der Waals surface area contributed by atoms with Gasteiger partial charge < -0.3 is 9.64 Å². The number of hydrogen-bond donors (Lipinski definition) is 0. The third kappa shape index (κ3) is 4.20. The van der Waals surface area contributed by atoms with Crippen LogP contribution in [-0.2, 0) is 9.84 Å². The molecule has 1 amide bonds. The molecule has 1 unspecified atom stereocenters. The van der Waals surface area contributed by atoms with Crippen molar-refractivity contribution in [2.45, 2.75) is 13.0 Å². The van der Waals surface area contributed by atoms with Crippen molar-refractivity contribution in [3.05, 3.63) is 75.7 Å². The maximum atomic E-state index is 13.2. The molecule has 0 saturated carbocycles. The van der Waals surface area contributed by atoms with Crippen LogP contribution in [0.25, 0.3) is 0 Å². The normalized spacial score (nSPS) is 17.2. The van der Waals surface area contributed by atoms with E-state index in [1.54, 1.807) is 24.3 Å². The Bertz CT molecular complexity index is 1030. The Morgan fingerprint density at radius 3 is 2.54 bits per heavy atom. The smallest absolute Gasteiger partial charge is 0.270 e. The van der Waals surface area contributed by atoms with E-state index in [4.69, 9.17) is 4.74 Å². The SMILES string of the molecule is CCOc1ccc(N(C(=O)c2cccc([N+](=O)[O-])c2)C2C=CS(=O)(=O)C2)cc1. The molecule has 0 N–H and O–H groups in total. The van der Waals surface area contributed by atoms with Gasteiger partial charge in [-0.25, -0.2) is 8.42 Å². The lowest BCUT2D eigenvalue weighted by atomic mass is 10.1. The van der Waals surface area contributed by atoms with Gasteiger partial charge in [-0.15, -0.1) is 0 Å². The number of sulfone groups is 1. The average Bonchev–Trinajstić information content (AvgIpc) is 3.03. The molecule has 0 aromatic heterocycles. The number of nitro groups is 1. The number of nitro benzene ring substituents is 1. The van der Waals surface area contributed by atoms with Gasteiger partial charge in [-0.05, 0) is 43.3 Å². The lowest BCUT2D eigenvalue weighted by Gasteiger charge is -2.28. The zero-order chi connectivity index (χ0) is 20.3. The number of hydrogen-bond acceptors (Lipinski definition) is 6. The van der Waals surface area contributed by atoms with Crippen LogP contribution in [0.2, 0.25) is 0 Å². The van der Waals surface area contributed by atoms with Crippen LogP contribution in [0.1, 0.15) is 17.3 Å². The Morgan fingerprint density at radius 2 is 1.96 bits per heavy atom. The first-order valence-electron chi connectivity index (χ1n) is 8.52. The zero-order valence-electron chi connectivity index (χ0n) is 15.0. The molecule has 0 radical (unpaired) electrons. The fraction of sp³-hybridized carbons (Fsp3) is 0.211. The van der Waals surface area contributed by atoms with E-state index in [-0.39, 0.29) is 17.0 Å². The molecule has 2 aromatic carbocycles. The molecule has 3 rings (SSSR count). The Hall–Kier alpha value is -3.20. The summed E-state index contributed by atoms with van der Waals surface area (Å²) in [5.41, 5.74) is 0.347. The van der Waals surface area contributed by atoms with E-state index in [1.165, 1.54) is 35.2 Å². The molecular formula is C19H18N2O6S. The summed E-state index contributed by atoms with van der Waals surface area (Å²) in [4.78, 5) is 24.9. The predicted octanol–water partition coefficient (Wildman–Crippen LogP) is 2.95. The van der Waals surface area contributed by atoms with Crippen molar-refractivity contribution in [2.75, 3.05) is 17.3 Å². The Labute approximate surface area is 162 Å². The van der Waals surface area contributed by atoms with Crippen molar-refractivity contribution >= 4 is 27.1 Å². The van der Waals surface area contributed by atoms with Gasteiger partial charge in [0.1, 0.15) is 5.75 Å². The van der Waals surface area contributed by atoms with Gasteiger partial charge in [-0.1, -0.05) is 6.07 Å². The number of ether oxygens (including phenoxy) is 1. The number of nitrogens with zero attached hydrogens (tertiary/aromatic N) is 2. The van der Waals surface area contributed by atoms with Gasteiger partial charge >= 0.3 is 0 Å². The van der Waals surface area contributed by atoms with Crippen LogP contribution < -0.4 is 9.64 Å². The molecule has 1 atom stereocenters. The monoisotopic (exact) mass is 402 g/mol. The van der Waals surface area contributed by atoms with Crippen molar-refractivity contribution in [3.63, 3.8) is 0 Å². The van der Waals surface area contributed by atoms with Gasteiger partial charge in [0, 0.05) is 28.8 Å². The molecule has 0 bridgehead atoms. The summed E-state index contributed by atoms with van der Waals surface area (Å²) >= 11 is 0. The summed E-state index contributed by atoms with van der Waals surface area (Å²) in [5, 5.41) is 12.1. The number of amides is 1. The van der Waals surface area contributed by atoms with Crippen LogP contribution in [0.4, 0.5) is 11.4 Å². The second-order valence-electron chi connectivity index (χ2n) is 6.13. The number of benzene rings is 2. The molecule has 2 aromatic rings. The van der Waals surface area contributed by atoms with E-state index >= 15 is 0 Å². The fourth-order valence-corrected chi connectivity index (χ4v) is 4.21. The molecule has 0 aliphatic carbocycles. The maximum absolute atomic E-state index is 13.2. The summed E-state index contributed by atoms with van der Waals surface area (Å²) in [6, 6.07) is 11.3. The van der Waals surface area contributed by atoms with Crippen LogP contribution in [0.15, 0.2) is 60.0 Å². The van der Waals surface area contributed by atoms with Crippen LogP contribution in [0, 0.1) is 10.1 Å². The molecule has 8 nitrogen and oxygen atoms in total. The minimum atomic E-state index is -3.41. The number of anilines is 1. The molecule has 146 valence electrons. The summed E-state index contributed by atoms with van der Waals surface area (Å²) in [6.07, 6.45) is 1.45. The lowest BCUT2D eigenvalue weighted by Crippen LogP contribution is -2.41. The second kappa shape index (κ2) is 7.81. The first-order chi connectivity index (χ1) is 13.3. The average molecular weight is 402 g/mol. The summed E-state index contributed by atoms with van der Waals surface area (Å²) < 4.78 is 29.2. The van der Waals surface area contributed by atoms with E-state index in [0.29, 0.717) is 18.0 Å². The predicted molar refractivity (Wildman–Crippen MR) is 104 cm³/mol. The topological polar surface area (TPSA) is 107 Å². The van der Waals surface area contributed by atoms with Crippen molar-refractivity contribution in [2.24, 2.45) is 0 Å². The summed E-state index contributed by atoms with van der Waals surface area (Å²) in [5.74, 6) is -0.163. The van der Waals surface area contributed by atoms with Crippen molar-refractivity contribution in [3.8, 4) is 5.75 Å². The van der Waals surface area contributed by atoms with E-state index < -0.39 is 26.7 Å². The van der Waals surface area contributed by atoms with Gasteiger partial charge in [0.05, 0.1) is 23.3 Å². The Morgan fingerprint density at radius 1 is 1.25 bits per heavy atom. The standard InChI is InChI=1S/C19H18N2O6S/c1-2-27-18-8-6-15(7-9-18)20(17-10-11-28(25,26)13-17)19(22)14-4-3-5-16(12-14)21(23)24/h3-12,17H,2,13H2,1H3. The highest BCUT2D eigenvalue weighted by atomic mass is 32.2. The molecular weight excluding hydrogens is 384 g/mol. The fourth-order valence-electron chi connectivity index (χ4n) is 2.94. The second-order valence-corrected chi connectivity index (χ2v) is 8.07. The Kier molecular flexibility index (Phi) is 5.46. The summed E-state index contributed by atoms with van der Waals surface area (Å²) in [7, 11) is -3.41. The third-order valence-electron chi connectivity index (χ3n) is 4.19. The maximum Gasteiger partial charge on any atom is 0.270 e. The van der Waals surface area contributed by atoms with E-state index in [2.05, 4.69) is 0 Å². The van der Waals surface area contributed by atoms with Crippen LogP contribution in [0.3, 0.4) is 0 Å². The van der Waals surface area contributed by atoms with Gasteiger partial charge in [0.2, 0.25) is 0 Å². The number of rotatable bonds is 6. The molecule has 28 heavy (non-hydrogen) atoms. The zero-order valence-corrected chi connectivity index (χ0v) is 15.8. The molecule has 0 spiro atoms. The number of carbonyl (C=O) groups excluding carboxylic acids is 1. The Balaban J connectivity index is 2.01. The van der Waals surface area contributed by atoms with Crippen LogP contribution >= 0.6 is 0 Å². The van der Waals surface area contributed by atoms with Crippen molar-refractivity contribution in [1.29, 1.82) is 0 Å². The summed E-state index contributed by atoms with van der Waals surface area (Å²) in [6.45, 7) is 2.33. The van der Waals surface area contributed by atoms with Crippen LogP contribution in [0.5, 0.6) is 5.75 Å². The van der Waals surface area contributed by atoms with Crippen molar-refractivity contribution < 1.29 is 22.9 Å². The van der Waals surface area contributed by atoms with E-state index in [9.17, 15) is 23.3 Å². The lowest BCUT2D eigenvalue weighted by molar-refractivity contribution is -0.384. The molecule has 0 saturated heterocycles. The molecule has 1 aliphatic rings. The van der Waals surface area contributed by atoms with Crippen molar-refractivity contribution in [1.82, 2.24) is 0 Å². The van der Waals surface area contributed by atoms with Gasteiger partial charge in [0.25, 0.3) is 11.6 Å². The molecule has 0 fully saturated rings. The van der Waals surface area contributed by atoms with E-state index in [1.807, 2.05) is 6.92 Å². The highest BCUT2D eigenvalue weighted by Crippen LogP contribution is 2.27. The minimum Gasteiger partial charge on any atom is -0.494 e.